The first-order valence-electron chi connectivity index (χ1n) is 10.1. The van der Waals surface area contributed by atoms with Crippen molar-refractivity contribution in [3.8, 4) is 0 Å². The van der Waals surface area contributed by atoms with Crippen molar-refractivity contribution in [1.82, 2.24) is 14.9 Å². The Morgan fingerprint density at radius 2 is 1.82 bits per heavy atom. The average molecular weight is 430 g/mol. The van der Waals surface area contributed by atoms with Crippen molar-refractivity contribution in [3.63, 3.8) is 0 Å². The zero-order valence-electron chi connectivity index (χ0n) is 16.5. The van der Waals surface area contributed by atoms with E-state index in [-0.39, 0.29) is 29.3 Å². The van der Waals surface area contributed by atoms with Crippen molar-refractivity contribution in [2.24, 2.45) is 5.92 Å². The van der Waals surface area contributed by atoms with E-state index in [0.29, 0.717) is 18.0 Å². The van der Waals surface area contributed by atoms with Crippen LogP contribution in [0.4, 0.5) is 0 Å². The minimum absolute atomic E-state index is 0. The average Bonchev–Trinajstić information content (AvgIpc) is 3.21. The van der Waals surface area contributed by atoms with Crippen molar-refractivity contribution in [2.75, 3.05) is 26.7 Å². The Kier molecular flexibility index (Phi) is 8.74. The van der Waals surface area contributed by atoms with Crippen LogP contribution in [0.25, 0.3) is 0 Å². The highest BCUT2D eigenvalue weighted by molar-refractivity contribution is 7.89. The van der Waals surface area contributed by atoms with E-state index in [1.54, 1.807) is 31.3 Å². The molecule has 1 unspecified atom stereocenters. The number of amides is 1. The van der Waals surface area contributed by atoms with E-state index in [2.05, 4.69) is 10.6 Å². The molecule has 1 atom stereocenters. The third-order valence-electron chi connectivity index (χ3n) is 5.88. The van der Waals surface area contributed by atoms with Crippen LogP contribution in [0.3, 0.4) is 0 Å². The first-order valence-corrected chi connectivity index (χ1v) is 11.5. The molecule has 1 aromatic rings. The largest absolute Gasteiger partial charge is 0.352 e. The zero-order valence-corrected chi connectivity index (χ0v) is 18.2. The van der Waals surface area contributed by atoms with Gasteiger partial charge in [0.2, 0.25) is 10.0 Å². The summed E-state index contributed by atoms with van der Waals surface area (Å²) < 4.78 is 27.2. The Morgan fingerprint density at radius 3 is 2.43 bits per heavy atom. The SMILES string of the molecule is CN(C1CCCCC1)S(=O)(=O)c1ccc(C(=O)NCCC2CCNC2)cc1.Cl. The van der Waals surface area contributed by atoms with Gasteiger partial charge in [0, 0.05) is 25.2 Å². The van der Waals surface area contributed by atoms with E-state index in [1.807, 2.05) is 0 Å². The Hall–Kier alpha value is -1.15. The van der Waals surface area contributed by atoms with Crippen LogP contribution in [0.1, 0.15) is 55.3 Å². The third-order valence-corrected chi connectivity index (χ3v) is 7.81. The first-order chi connectivity index (χ1) is 13.0. The third kappa shape index (κ3) is 5.69. The monoisotopic (exact) mass is 429 g/mol. The number of sulfonamides is 1. The van der Waals surface area contributed by atoms with Gasteiger partial charge in [0.1, 0.15) is 0 Å². The molecular weight excluding hydrogens is 398 g/mol. The Labute approximate surface area is 174 Å². The number of hydrogen-bond acceptors (Lipinski definition) is 4. The van der Waals surface area contributed by atoms with E-state index in [1.165, 1.54) is 10.7 Å². The van der Waals surface area contributed by atoms with E-state index in [9.17, 15) is 13.2 Å². The van der Waals surface area contributed by atoms with Crippen molar-refractivity contribution >= 4 is 28.3 Å². The molecule has 1 amide bonds. The van der Waals surface area contributed by atoms with Crippen LogP contribution in [0.5, 0.6) is 0 Å². The van der Waals surface area contributed by atoms with Gasteiger partial charge in [-0.25, -0.2) is 8.42 Å². The fourth-order valence-electron chi connectivity index (χ4n) is 4.04. The second kappa shape index (κ2) is 10.6. The van der Waals surface area contributed by atoms with Gasteiger partial charge in [0.25, 0.3) is 5.91 Å². The summed E-state index contributed by atoms with van der Waals surface area (Å²) in [4.78, 5) is 12.5. The Morgan fingerprint density at radius 1 is 1.14 bits per heavy atom. The highest BCUT2D eigenvalue weighted by Crippen LogP contribution is 2.26. The minimum Gasteiger partial charge on any atom is -0.352 e. The van der Waals surface area contributed by atoms with Gasteiger partial charge in [-0.3, -0.25) is 4.79 Å². The molecule has 28 heavy (non-hydrogen) atoms. The fourth-order valence-corrected chi connectivity index (χ4v) is 5.45. The van der Waals surface area contributed by atoms with Gasteiger partial charge >= 0.3 is 0 Å². The van der Waals surface area contributed by atoms with E-state index in [4.69, 9.17) is 0 Å². The van der Waals surface area contributed by atoms with E-state index >= 15 is 0 Å². The lowest BCUT2D eigenvalue weighted by molar-refractivity contribution is 0.0951. The molecule has 1 heterocycles. The van der Waals surface area contributed by atoms with Gasteiger partial charge in [-0.05, 0) is 69.0 Å². The Bertz CT molecular complexity index is 728. The van der Waals surface area contributed by atoms with Crippen molar-refractivity contribution in [2.45, 2.75) is 55.9 Å². The number of carbonyl (C=O) groups is 1. The van der Waals surface area contributed by atoms with Crippen LogP contribution in [0.2, 0.25) is 0 Å². The van der Waals surface area contributed by atoms with Crippen LogP contribution in [-0.2, 0) is 10.0 Å². The maximum absolute atomic E-state index is 12.9. The summed E-state index contributed by atoms with van der Waals surface area (Å²) in [6.45, 7) is 2.73. The molecule has 2 fully saturated rings. The van der Waals surface area contributed by atoms with E-state index < -0.39 is 10.0 Å². The predicted octanol–water partition coefficient (Wildman–Crippen LogP) is 2.79. The molecule has 1 saturated heterocycles. The second-order valence-corrected chi connectivity index (χ2v) is 9.74. The molecule has 2 aliphatic rings. The molecule has 3 rings (SSSR count). The van der Waals surface area contributed by atoms with Crippen molar-refractivity contribution < 1.29 is 13.2 Å². The topological polar surface area (TPSA) is 78.5 Å². The molecule has 0 bridgehead atoms. The summed E-state index contributed by atoms with van der Waals surface area (Å²) in [5.74, 6) is 0.485. The fraction of sp³-hybridized carbons (Fsp3) is 0.650. The molecule has 1 aliphatic carbocycles. The lowest BCUT2D eigenvalue weighted by Crippen LogP contribution is -2.38. The van der Waals surface area contributed by atoms with Gasteiger partial charge in [0.15, 0.2) is 0 Å². The standard InChI is InChI=1S/C20H31N3O3S.ClH/c1-23(18-5-3-2-4-6-18)27(25,26)19-9-7-17(8-10-19)20(24)22-14-12-16-11-13-21-15-16;/h7-10,16,18,21H,2-6,11-15H2,1H3,(H,22,24);1H. The summed E-state index contributed by atoms with van der Waals surface area (Å²) in [5.41, 5.74) is 0.499. The molecule has 158 valence electrons. The summed E-state index contributed by atoms with van der Waals surface area (Å²) in [7, 11) is -1.84. The summed E-state index contributed by atoms with van der Waals surface area (Å²) >= 11 is 0. The lowest BCUT2D eigenvalue weighted by atomic mass is 9.96. The Balaban J connectivity index is 0.00000280. The number of benzene rings is 1. The quantitative estimate of drug-likeness (QED) is 0.698. The highest BCUT2D eigenvalue weighted by atomic mass is 35.5. The maximum atomic E-state index is 12.9. The van der Waals surface area contributed by atoms with Crippen LogP contribution >= 0.6 is 12.4 Å². The molecule has 8 heteroatoms. The number of nitrogens with one attached hydrogen (secondary N) is 2. The number of rotatable bonds is 7. The number of nitrogens with zero attached hydrogens (tertiary/aromatic N) is 1. The normalized spacial score (nSPS) is 20.7. The van der Waals surface area contributed by atoms with E-state index in [0.717, 1.165) is 51.6 Å². The second-order valence-electron chi connectivity index (χ2n) is 7.74. The van der Waals surface area contributed by atoms with Crippen LogP contribution in [-0.4, -0.2) is 51.4 Å². The molecule has 1 saturated carbocycles. The molecule has 1 aliphatic heterocycles. The minimum atomic E-state index is -3.51. The van der Waals surface area contributed by atoms with Gasteiger partial charge in [-0.2, -0.15) is 4.31 Å². The van der Waals surface area contributed by atoms with Crippen molar-refractivity contribution in [1.29, 1.82) is 0 Å². The van der Waals surface area contributed by atoms with Gasteiger partial charge in [0.05, 0.1) is 4.90 Å². The highest BCUT2D eigenvalue weighted by Gasteiger charge is 2.29. The summed E-state index contributed by atoms with van der Waals surface area (Å²) in [5, 5.41) is 6.25. The summed E-state index contributed by atoms with van der Waals surface area (Å²) in [6.07, 6.45) is 7.33. The molecule has 2 N–H and O–H groups in total. The zero-order chi connectivity index (χ0) is 19.3. The molecule has 0 radical (unpaired) electrons. The molecule has 6 nitrogen and oxygen atoms in total. The summed E-state index contributed by atoms with van der Waals surface area (Å²) in [6, 6.07) is 6.38. The van der Waals surface area contributed by atoms with Gasteiger partial charge < -0.3 is 10.6 Å². The molecule has 0 aromatic heterocycles. The number of hydrogen-bond donors (Lipinski definition) is 2. The van der Waals surface area contributed by atoms with Crippen LogP contribution < -0.4 is 10.6 Å². The number of carbonyl (C=O) groups excluding carboxylic acids is 1. The first kappa shape index (κ1) is 23.1. The predicted molar refractivity (Wildman–Crippen MR) is 113 cm³/mol. The van der Waals surface area contributed by atoms with Crippen LogP contribution in [0.15, 0.2) is 29.2 Å². The smallest absolute Gasteiger partial charge is 0.251 e. The van der Waals surface area contributed by atoms with Gasteiger partial charge in [-0.15, -0.1) is 12.4 Å². The van der Waals surface area contributed by atoms with Crippen molar-refractivity contribution in [3.05, 3.63) is 29.8 Å². The van der Waals surface area contributed by atoms with Gasteiger partial charge in [-0.1, -0.05) is 19.3 Å². The molecule has 0 spiro atoms. The molecule has 1 aromatic carbocycles. The molecular formula is C20H32ClN3O3S. The van der Waals surface area contributed by atoms with Crippen LogP contribution in [0, 0.1) is 5.92 Å². The maximum Gasteiger partial charge on any atom is 0.251 e. The lowest BCUT2D eigenvalue weighted by Gasteiger charge is -2.30. The number of halogens is 1.